The van der Waals surface area contributed by atoms with E-state index in [-0.39, 0.29) is 5.92 Å². The number of hydroxylamine groups is 1. The van der Waals surface area contributed by atoms with E-state index in [0.29, 0.717) is 12.2 Å². The third-order valence-electron chi connectivity index (χ3n) is 4.38. The molecule has 0 spiro atoms. The maximum absolute atomic E-state index is 12.9. The second-order valence-electron chi connectivity index (χ2n) is 8.38. The Bertz CT molecular complexity index is 688. The minimum atomic E-state index is -1.17. The van der Waals surface area contributed by atoms with Crippen LogP contribution in [0.15, 0.2) is 24.4 Å². The van der Waals surface area contributed by atoms with Crippen LogP contribution in [0, 0.1) is 17.3 Å². The molecule has 29 heavy (non-hydrogen) atoms. The molecule has 0 aromatic carbocycles. The molecule has 4 N–H and O–H groups in total. The number of anilines is 1. The number of rotatable bonds is 9. The van der Waals surface area contributed by atoms with Crippen molar-refractivity contribution < 1.29 is 24.3 Å². The minimum Gasteiger partial charge on any atom is -0.371 e. The van der Waals surface area contributed by atoms with Gasteiger partial charge in [-0.3, -0.25) is 19.6 Å². The molecule has 0 saturated heterocycles. The Labute approximate surface area is 171 Å². The summed E-state index contributed by atoms with van der Waals surface area (Å²) in [5.74, 6) is -2.24. The molecule has 0 radical (unpaired) electrons. The number of hydrogen-bond acceptors (Lipinski definition) is 6. The third-order valence-corrected chi connectivity index (χ3v) is 4.38. The summed E-state index contributed by atoms with van der Waals surface area (Å²) in [6.45, 7) is 9.21. The van der Waals surface area contributed by atoms with E-state index in [9.17, 15) is 14.4 Å². The van der Waals surface area contributed by atoms with E-state index in [1.165, 1.54) is 7.11 Å². The van der Waals surface area contributed by atoms with Crippen LogP contribution in [0.5, 0.6) is 0 Å². The first-order chi connectivity index (χ1) is 13.5. The topological polar surface area (TPSA) is 130 Å². The normalized spacial score (nSPS) is 14.6. The maximum atomic E-state index is 12.9. The molecule has 3 atom stereocenters. The van der Waals surface area contributed by atoms with E-state index in [2.05, 4.69) is 15.6 Å². The fraction of sp³-hybridized carbons (Fsp3) is 0.600. The number of nitrogens with zero attached hydrogens (tertiary/aromatic N) is 1. The molecule has 0 aliphatic heterocycles. The van der Waals surface area contributed by atoms with Crippen molar-refractivity contribution in [1.29, 1.82) is 0 Å². The van der Waals surface area contributed by atoms with Gasteiger partial charge in [0, 0.05) is 13.3 Å². The van der Waals surface area contributed by atoms with Crippen LogP contribution >= 0.6 is 0 Å². The minimum absolute atomic E-state index is 0.0774. The number of amides is 3. The Morgan fingerprint density at radius 2 is 1.79 bits per heavy atom. The second-order valence-corrected chi connectivity index (χ2v) is 8.38. The Morgan fingerprint density at radius 3 is 2.24 bits per heavy atom. The Balaban J connectivity index is 3.05. The number of nitrogens with one attached hydrogen (secondary N) is 3. The zero-order chi connectivity index (χ0) is 22.2. The Hall–Kier alpha value is -2.52. The van der Waals surface area contributed by atoms with Gasteiger partial charge in [-0.2, -0.15) is 0 Å². The summed E-state index contributed by atoms with van der Waals surface area (Å²) in [5, 5.41) is 14.4. The van der Waals surface area contributed by atoms with Gasteiger partial charge < -0.3 is 15.4 Å². The highest BCUT2D eigenvalue weighted by molar-refractivity contribution is 5.98. The number of aromatic nitrogens is 1. The van der Waals surface area contributed by atoms with E-state index < -0.39 is 41.2 Å². The van der Waals surface area contributed by atoms with E-state index in [4.69, 9.17) is 9.94 Å². The summed E-state index contributed by atoms with van der Waals surface area (Å²) in [4.78, 5) is 41.9. The van der Waals surface area contributed by atoms with E-state index >= 15 is 0 Å². The van der Waals surface area contributed by atoms with Crippen LogP contribution in [0.2, 0.25) is 0 Å². The maximum Gasteiger partial charge on any atom is 0.250 e. The molecule has 1 aromatic heterocycles. The molecule has 1 rings (SSSR count). The third kappa shape index (κ3) is 7.43. The molecule has 1 heterocycles. The molecule has 1 aromatic rings. The average molecular weight is 408 g/mol. The number of hydrogen-bond donors (Lipinski definition) is 4. The van der Waals surface area contributed by atoms with Gasteiger partial charge in [0.25, 0.3) is 5.91 Å². The molecule has 0 bridgehead atoms. The van der Waals surface area contributed by atoms with Crippen molar-refractivity contribution in [2.24, 2.45) is 17.3 Å². The smallest absolute Gasteiger partial charge is 0.250 e. The lowest BCUT2D eigenvalue weighted by Gasteiger charge is -2.32. The fourth-order valence-corrected chi connectivity index (χ4v) is 2.95. The van der Waals surface area contributed by atoms with Gasteiger partial charge in [0.1, 0.15) is 18.0 Å². The van der Waals surface area contributed by atoms with Crippen LogP contribution in [0.4, 0.5) is 5.82 Å². The van der Waals surface area contributed by atoms with Crippen molar-refractivity contribution in [3.8, 4) is 0 Å². The lowest BCUT2D eigenvalue weighted by atomic mass is 9.85. The highest BCUT2D eigenvalue weighted by Crippen LogP contribution is 2.23. The Morgan fingerprint density at radius 1 is 1.14 bits per heavy atom. The number of carbonyl (C=O) groups excluding carboxylic acids is 3. The molecule has 2 unspecified atom stereocenters. The SMILES string of the molecule is COC(C(=O)N[C@H](C(=O)Nc1ccccn1)C(C)(C)C)C(CC(C)C)C(=O)NO. The molecular formula is C20H32N4O5. The summed E-state index contributed by atoms with van der Waals surface area (Å²) in [5.41, 5.74) is 0.967. The quantitative estimate of drug-likeness (QED) is 0.364. The van der Waals surface area contributed by atoms with Gasteiger partial charge >= 0.3 is 0 Å². The zero-order valence-corrected chi connectivity index (χ0v) is 17.9. The van der Waals surface area contributed by atoms with Gasteiger partial charge in [0.05, 0.1) is 5.92 Å². The van der Waals surface area contributed by atoms with Crippen LogP contribution in [0.1, 0.15) is 41.0 Å². The van der Waals surface area contributed by atoms with Gasteiger partial charge in [-0.05, 0) is 29.9 Å². The first kappa shape index (κ1) is 24.5. The average Bonchev–Trinajstić information content (AvgIpc) is 2.64. The molecule has 162 valence electrons. The molecule has 9 nitrogen and oxygen atoms in total. The number of ether oxygens (including phenoxy) is 1. The first-order valence-corrected chi connectivity index (χ1v) is 9.50. The predicted molar refractivity (Wildman–Crippen MR) is 108 cm³/mol. The van der Waals surface area contributed by atoms with Gasteiger partial charge in [0.15, 0.2) is 0 Å². The molecular weight excluding hydrogens is 376 g/mol. The van der Waals surface area contributed by atoms with Gasteiger partial charge in [0.2, 0.25) is 11.8 Å². The van der Waals surface area contributed by atoms with E-state index in [1.807, 2.05) is 34.6 Å². The van der Waals surface area contributed by atoms with Crippen molar-refractivity contribution >= 4 is 23.5 Å². The van der Waals surface area contributed by atoms with Crippen LogP contribution in [-0.4, -0.2) is 47.2 Å². The van der Waals surface area contributed by atoms with Crippen molar-refractivity contribution in [2.45, 2.75) is 53.2 Å². The highest BCUT2D eigenvalue weighted by Gasteiger charge is 2.39. The van der Waals surface area contributed by atoms with Gasteiger partial charge in [-0.25, -0.2) is 10.5 Å². The predicted octanol–water partition coefficient (Wildman–Crippen LogP) is 1.73. The lowest BCUT2D eigenvalue weighted by Crippen LogP contribution is -2.56. The lowest BCUT2D eigenvalue weighted by molar-refractivity contribution is -0.148. The molecule has 0 aliphatic carbocycles. The molecule has 3 amide bonds. The summed E-state index contributed by atoms with van der Waals surface area (Å²) in [7, 11) is 1.31. The highest BCUT2D eigenvalue weighted by atomic mass is 16.5. The van der Waals surface area contributed by atoms with Crippen molar-refractivity contribution in [3.05, 3.63) is 24.4 Å². The summed E-state index contributed by atoms with van der Waals surface area (Å²) < 4.78 is 5.28. The van der Waals surface area contributed by atoms with Crippen LogP contribution in [0.25, 0.3) is 0 Å². The van der Waals surface area contributed by atoms with Crippen LogP contribution in [-0.2, 0) is 19.1 Å². The second kappa shape index (κ2) is 10.9. The van der Waals surface area contributed by atoms with E-state index in [1.54, 1.807) is 29.9 Å². The first-order valence-electron chi connectivity index (χ1n) is 9.50. The van der Waals surface area contributed by atoms with Crippen molar-refractivity contribution in [2.75, 3.05) is 12.4 Å². The van der Waals surface area contributed by atoms with Crippen LogP contribution < -0.4 is 16.1 Å². The molecule has 0 aliphatic rings. The summed E-state index contributed by atoms with van der Waals surface area (Å²) in [6, 6.07) is 4.19. The largest absolute Gasteiger partial charge is 0.371 e. The number of carbonyl (C=O) groups is 3. The van der Waals surface area contributed by atoms with Crippen molar-refractivity contribution in [3.63, 3.8) is 0 Å². The van der Waals surface area contributed by atoms with E-state index in [0.717, 1.165) is 0 Å². The molecule has 0 saturated carbocycles. The van der Waals surface area contributed by atoms with Gasteiger partial charge in [-0.1, -0.05) is 40.7 Å². The van der Waals surface area contributed by atoms with Crippen LogP contribution in [0.3, 0.4) is 0 Å². The number of pyridine rings is 1. The molecule has 9 heteroatoms. The Kier molecular flexibility index (Phi) is 9.19. The fourth-order valence-electron chi connectivity index (χ4n) is 2.95. The number of methoxy groups -OCH3 is 1. The zero-order valence-electron chi connectivity index (χ0n) is 17.9. The molecule has 0 fully saturated rings. The van der Waals surface area contributed by atoms with Gasteiger partial charge in [-0.15, -0.1) is 0 Å². The van der Waals surface area contributed by atoms with Crippen molar-refractivity contribution in [1.82, 2.24) is 15.8 Å². The summed E-state index contributed by atoms with van der Waals surface area (Å²) in [6.07, 6.45) is 0.696. The summed E-state index contributed by atoms with van der Waals surface area (Å²) >= 11 is 0. The standard InChI is InChI=1S/C20H32N4O5/c1-12(2)11-13(17(25)24-28)15(29-6)18(26)23-16(20(3,4)5)19(27)22-14-9-7-8-10-21-14/h7-10,12-13,15-16,28H,11H2,1-6H3,(H,23,26)(H,24,25)(H,21,22,27)/t13?,15?,16-/m1/s1. The monoisotopic (exact) mass is 408 g/mol.